The van der Waals surface area contributed by atoms with E-state index in [1.54, 1.807) is 12.4 Å². The van der Waals surface area contributed by atoms with Gasteiger partial charge in [-0.25, -0.2) is 14.4 Å². The average Bonchev–Trinajstić information content (AvgIpc) is 2.98. The van der Waals surface area contributed by atoms with Crippen molar-refractivity contribution >= 4 is 8.07 Å². The smallest absolute Gasteiger partial charge is 0.388 e. The second kappa shape index (κ2) is 16.7. The van der Waals surface area contributed by atoms with E-state index in [1.807, 2.05) is 37.4 Å². The molecule has 4 nitrogen and oxygen atoms in total. The van der Waals surface area contributed by atoms with Crippen LogP contribution >= 0.6 is 0 Å². The lowest BCUT2D eigenvalue weighted by Crippen LogP contribution is -2.27. The first-order valence-corrected chi connectivity index (χ1v) is 18.6. The Hall–Kier alpha value is -3.01. The molecular formula is C33H43F5N2O2Si. The number of aromatic nitrogens is 2. The molecule has 0 aliphatic heterocycles. The van der Waals surface area contributed by atoms with Gasteiger partial charge < -0.3 is 9.47 Å². The summed E-state index contributed by atoms with van der Waals surface area (Å²) in [6.45, 7) is 7.08. The van der Waals surface area contributed by atoms with E-state index in [2.05, 4.69) is 16.9 Å². The van der Waals surface area contributed by atoms with E-state index in [9.17, 15) is 22.0 Å². The third-order valence-electron chi connectivity index (χ3n) is 7.48. The van der Waals surface area contributed by atoms with Gasteiger partial charge in [0.2, 0.25) is 5.82 Å². The van der Waals surface area contributed by atoms with Gasteiger partial charge in [0.05, 0.1) is 18.8 Å². The number of hydrogen-bond donors (Lipinski definition) is 0. The average molecular weight is 623 g/mol. The number of ether oxygens (including phenoxy) is 2. The van der Waals surface area contributed by atoms with Crippen molar-refractivity contribution in [3.63, 3.8) is 0 Å². The van der Waals surface area contributed by atoms with E-state index in [1.165, 1.54) is 12.1 Å². The highest BCUT2D eigenvalue weighted by Gasteiger charge is 2.31. The van der Waals surface area contributed by atoms with Crippen molar-refractivity contribution in [1.29, 1.82) is 0 Å². The third kappa shape index (κ3) is 11.9. The number of hydrogen-bond acceptors (Lipinski definition) is 4. The molecule has 2 aromatic carbocycles. The van der Waals surface area contributed by atoms with Gasteiger partial charge in [0.1, 0.15) is 5.75 Å². The van der Waals surface area contributed by atoms with Crippen LogP contribution in [0.1, 0.15) is 64.7 Å². The Bertz CT molecular complexity index is 1250. The number of unbranched alkanes of at least 4 members (excludes halogenated alkanes) is 6. The normalized spacial score (nSPS) is 12.0. The van der Waals surface area contributed by atoms with Gasteiger partial charge in [0.15, 0.2) is 17.4 Å². The molecular weight excluding hydrogens is 579 g/mol. The van der Waals surface area contributed by atoms with E-state index in [0.29, 0.717) is 19.3 Å². The summed E-state index contributed by atoms with van der Waals surface area (Å²) in [6, 6.07) is 11.5. The molecule has 0 aliphatic carbocycles. The van der Waals surface area contributed by atoms with E-state index in [-0.39, 0.29) is 17.1 Å². The monoisotopic (exact) mass is 622 g/mol. The maximum atomic E-state index is 14.8. The van der Waals surface area contributed by atoms with Gasteiger partial charge in [0, 0.05) is 32.5 Å². The molecule has 10 heteroatoms. The number of benzene rings is 2. The molecule has 1 aromatic heterocycles. The summed E-state index contributed by atoms with van der Waals surface area (Å²) in [5.74, 6) is -1.37. The maximum Gasteiger partial charge on any atom is 0.388 e. The minimum atomic E-state index is -4.06. The van der Waals surface area contributed by atoms with Crippen LogP contribution in [0.3, 0.4) is 0 Å². The molecule has 3 rings (SSSR count). The Morgan fingerprint density at radius 3 is 1.98 bits per heavy atom. The second-order valence-corrected chi connectivity index (χ2v) is 17.1. The topological polar surface area (TPSA) is 44.2 Å². The Morgan fingerprint density at radius 1 is 0.698 bits per heavy atom. The Balaban J connectivity index is 1.42. The zero-order valence-electron chi connectivity index (χ0n) is 25.4. The highest BCUT2D eigenvalue weighted by atomic mass is 28.3. The lowest BCUT2D eigenvalue weighted by atomic mass is 10.1. The van der Waals surface area contributed by atoms with Crippen LogP contribution in [0.25, 0.3) is 22.5 Å². The van der Waals surface area contributed by atoms with E-state index >= 15 is 0 Å². The summed E-state index contributed by atoms with van der Waals surface area (Å²) in [5.41, 5.74) is 1.55. The van der Waals surface area contributed by atoms with Gasteiger partial charge in [-0.15, -0.1) is 0 Å². The molecule has 1 heterocycles. The van der Waals surface area contributed by atoms with Crippen LogP contribution < -0.4 is 9.47 Å². The minimum Gasteiger partial charge on any atom is -0.494 e. The summed E-state index contributed by atoms with van der Waals surface area (Å²) >= 11 is 0. The SMILES string of the molecule is CCCCCCOc1ccc(-c2ncc(-c3ccc(OCCCCCC[Si](C)(C)CCC(F)(F)F)cc3)cn2)c(F)c1F. The summed E-state index contributed by atoms with van der Waals surface area (Å²) < 4.78 is 78.1. The van der Waals surface area contributed by atoms with Crippen molar-refractivity contribution < 1.29 is 31.4 Å². The molecule has 0 fully saturated rings. The fourth-order valence-corrected chi connectivity index (χ4v) is 7.16. The summed E-state index contributed by atoms with van der Waals surface area (Å²) in [4.78, 5) is 8.52. The number of nitrogens with zero attached hydrogens (tertiary/aromatic N) is 2. The lowest BCUT2D eigenvalue weighted by Gasteiger charge is -2.23. The standard InChI is InChI=1S/C33H43F5N2O2Si/c1-4-5-6-9-20-42-29-17-16-28(30(34)31(29)35)32-39-23-26(24-40-32)25-12-14-27(15-13-25)41-19-10-7-8-11-21-43(2,3)22-18-33(36,37)38/h12-17,23-24H,4-11,18-22H2,1-3H3. The molecule has 0 radical (unpaired) electrons. The van der Waals surface area contributed by atoms with E-state index in [4.69, 9.17) is 9.47 Å². The number of halogens is 5. The first-order valence-electron chi connectivity index (χ1n) is 15.2. The molecule has 0 atom stereocenters. The molecule has 0 unspecified atom stereocenters. The fourth-order valence-electron chi connectivity index (χ4n) is 4.74. The molecule has 0 amide bonds. The van der Waals surface area contributed by atoms with Gasteiger partial charge in [-0.1, -0.05) is 76.7 Å². The highest BCUT2D eigenvalue weighted by molar-refractivity contribution is 6.77. The second-order valence-electron chi connectivity index (χ2n) is 11.8. The molecule has 0 bridgehead atoms. The molecule has 0 aliphatic rings. The Morgan fingerprint density at radius 2 is 1.33 bits per heavy atom. The van der Waals surface area contributed by atoms with Gasteiger partial charge in [-0.2, -0.15) is 17.6 Å². The van der Waals surface area contributed by atoms with Gasteiger partial charge in [-0.3, -0.25) is 0 Å². The molecule has 0 saturated carbocycles. The summed E-state index contributed by atoms with van der Waals surface area (Å²) in [5, 5.41) is 0. The lowest BCUT2D eigenvalue weighted by molar-refractivity contribution is -0.130. The van der Waals surface area contributed by atoms with Crippen LogP contribution in [0.4, 0.5) is 22.0 Å². The quantitative estimate of drug-likeness (QED) is 0.0804. The van der Waals surface area contributed by atoms with Gasteiger partial charge in [0.25, 0.3) is 0 Å². The molecule has 43 heavy (non-hydrogen) atoms. The zero-order chi connectivity index (χ0) is 31.3. The van der Waals surface area contributed by atoms with Crippen LogP contribution in [0.2, 0.25) is 25.2 Å². The van der Waals surface area contributed by atoms with Crippen molar-refractivity contribution in [3.05, 3.63) is 60.4 Å². The zero-order valence-corrected chi connectivity index (χ0v) is 26.4. The largest absolute Gasteiger partial charge is 0.494 e. The highest BCUT2D eigenvalue weighted by Crippen LogP contribution is 2.31. The number of alkyl halides is 3. The van der Waals surface area contributed by atoms with Crippen molar-refractivity contribution in [2.24, 2.45) is 0 Å². The third-order valence-corrected chi connectivity index (χ3v) is 10.8. The predicted octanol–water partition coefficient (Wildman–Crippen LogP) is 10.6. The maximum absolute atomic E-state index is 14.8. The first-order chi connectivity index (χ1) is 20.5. The van der Waals surface area contributed by atoms with Crippen molar-refractivity contribution in [2.75, 3.05) is 13.2 Å². The minimum absolute atomic E-state index is 0.0293. The fraction of sp³-hybridized carbons (Fsp3) is 0.515. The Labute approximate surface area is 253 Å². The van der Waals surface area contributed by atoms with Crippen LogP contribution in [0, 0.1) is 11.6 Å². The molecule has 3 aromatic rings. The summed E-state index contributed by atoms with van der Waals surface area (Å²) in [7, 11) is -1.80. The molecule has 0 N–H and O–H groups in total. The van der Waals surface area contributed by atoms with Crippen LogP contribution in [-0.2, 0) is 0 Å². The van der Waals surface area contributed by atoms with Crippen molar-refractivity contribution in [2.45, 2.75) is 96.1 Å². The molecule has 0 saturated heterocycles. The number of rotatable bonds is 18. The van der Waals surface area contributed by atoms with E-state index < -0.39 is 32.3 Å². The molecule has 0 spiro atoms. The van der Waals surface area contributed by atoms with Crippen LogP contribution in [-0.4, -0.2) is 37.4 Å². The van der Waals surface area contributed by atoms with Crippen LogP contribution in [0.15, 0.2) is 48.8 Å². The first kappa shape index (κ1) is 34.5. The predicted molar refractivity (Wildman–Crippen MR) is 164 cm³/mol. The molecule has 236 valence electrons. The van der Waals surface area contributed by atoms with Crippen molar-refractivity contribution in [1.82, 2.24) is 9.97 Å². The van der Waals surface area contributed by atoms with Crippen molar-refractivity contribution in [3.8, 4) is 34.0 Å². The van der Waals surface area contributed by atoms with E-state index in [0.717, 1.165) is 74.3 Å². The van der Waals surface area contributed by atoms with Crippen LogP contribution in [0.5, 0.6) is 11.5 Å². The van der Waals surface area contributed by atoms with Gasteiger partial charge in [-0.05, 0) is 48.7 Å². The Kier molecular flexibility index (Phi) is 13.4. The summed E-state index contributed by atoms with van der Waals surface area (Å²) in [6.07, 6.45) is 6.17. The van der Waals surface area contributed by atoms with Gasteiger partial charge >= 0.3 is 6.18 Å².